The number of hydrogen-bond acceptors (Lipinski definition) is 1. The first-order valence-corrected chi connectivity index (χ1v) is 11.5. The van der Waals surface area contributed by atoms with Crippen LogP contribution < -0.4 is 5.57 Å². The van der Waals surface area contributed by atoms with E-state index in [1.165, 1.54) is 82.4 Å². The molecule has 2 saturated carbocycles. The van der Waals surface area contributed by atoms with Crippen molar-refractivity contribution in [1.82, 2.24) is 9.55 Å². The van der Waals surface area contributed by atoms with Gasteiger partial charge >= 0.3 is 0 Å². The van der Waals surface area contributed by atoms with Crippen LogP contribution in [0.4, 0.5) is 8.78 Å². The van der Waals surface area contributed by atoms with Crippen molar-refractivity contribution in [1.29, 1.82) is 0 Å². The van der Waals surface area contributed by atoms with Crippen LogP contribution in [0.25, 0.3) is 5.69 Å². The van der Waals surface area contributed by atoms with E-state index < -0.39 is 13.7 Å². The third-order valence-corrected chi connectivity index (χ3v) is 9.36. The van der Waals surface area contributed by atoms with Crippen LogP contribution in [0.1, 0.15) is 64.2 Å². The summed E-state index contributed by atoms with van der Waals surface area (Å²) in [7, 11) is -0.459. The molecule has 1 aromatic carbocycles. The van der Waals surface area contributed by atoms with Gasteiger partial charge in [-0.2, -0.15) is 0 Å². The van der Waals surface area contributed by atoms with E-state index in [1.54, 1.807) is 6.20 Å². The first kappa shape index (κ1) is 18.1. The van der Waals surface area contributed by atoms with Gasteiger partial charge in [-0.05, 0) is 57.1 Å². The number of imidazole rings is 1. The molecule has 1 heterocycles. The average molecular weight is 376 g/mol. The number of hydrogen-bond donors (Lipinski definition) is 0. The Morgan fingerprint density at radius 3 is 2.12 bits per heavy atom. The van der Waals surface area contributed by atoms with Gasteiger partial charge in [-0.15, -0.1) is 0 Å². The number of halogens is 2. The van der Waals surface area contributed by atoms with Gasteiger partial charge in [0, 0.05) is 18.5 Å². The second-order valence-corrected chi connectivity index (χ2v) is 10.4. The van der Waals surface area contributed by atoms with Crippen LogP contribution in [0.2, 0.25) is 0 Å². The molecule has 26 heavy (non-hydrogen) atoms. The van der Waals surface area contributed by atoms with Crippen molar-refractivity contribution < 1.29 is 8.78 Å². The Hall–Kier alpha value is -1.28. The molecule has 5 heteroatoms. The summed E-state index contributed by atoms with van der Waals surface area (Å²) in [6.07, 6.45) is 16.5. The molecule has 0 bridgehead atoms. The number of rotatable bonds is 4. The lowest BCUT2D eigenvalue weighted by Crippen LogP contribution is -2.30. The van der Waals surface area contributed by atoms with E-state index in [2.05, 4.69) is 0 Å². The first-order valence-electron chi connectivity index (χ1n) is 10.0. The van der Waals surface area contributed by atoms with Crippen molar-refractivity contribution in [3.63, 3.8) is 0 Å². The quantitative estimate of drug-likeness (QED) is 0.606. The van der Waals surface area contributed by atoms with Crippen LogP contribution in [0.5, 0.6) is 0 Å². The number of nitrogens with zero attached hydrogens (tertiary/aromatic N) is 2. The van der Waals surface area contributed by atoms with Crippen LogP contribution in [0.3, 0.4) is 0 Å². The fourth-order valence-corrected chi connectivity index (χ4v) is 8.40. The predicted octanol–water partition coefficient (Wildman–Crippen LogP) is 5.92. The van der Waals surface area contributed by atoms with E-state index in [0.29, 0.717) is 17.0 Å². The Bertz CT molecular complexity index is 715. The zero-order chi connectivity index (χ0) is 17.9. The molecule has 0 N–H and O–H groups in total. The van der Waals surface area contributed by atoms with Gasteiger partial charge in [0.05, 0.1) is 5.69 Å². The van der Waals surface area contributed by atoms with Crippen molar-refractivity contribution in [3.8, 4) is 5.69 Å². The van der Waals surface area contributed by atoms with E-state index in [0.717, 1.165) is 5.57 Å². The Labute approximate surface area is 155 Å². The molecule has 0 atom stereocenters. The smallest absolute Gasteiger partial charge is 0.147 e. The SMILES string of the molecule is Fc1ccc(F)c(-n2ccnc2P(C2CCCCC2)C2CCCCC2)c1. The summed E-state index contributed by atoms with van der Waals surface area (Å²) in [5.41, 5.74) is 2.67. The van der Waals surface area contributed by atoms with Gasteiger partial charge < -0.3 is 0 Å². The molecule has 0 aliphatic heterocycles. The second kappa shape index (κ2) is 8.17. The molecular weight excluding hydrogens is 349 g/mol. The summed E-state index contributed by atoms with van der Waals surface area (Å²) in [5.74, 6) is -0.784. The number of benzene rings is 1. The van der Waals surface area contributed by atoms with Crippen molar-refractivity contribution in [2.75, 3.05) is 0 Å². The molecule has 0 saturated heterocycles. The normalized spacial score (nSPS) is 20.0. The maximum atomic E-state index is 14.5. The molecule has 0 amide bonds. The van der Waals surface area contributed by atoms with Gasteiger partial charge in [0.25, 0.3) is 0 Å². The molecule has 4 rings (SSSR count). The second-order valence-electron chi connectivity index (χ2n) is 7.68. The average Bonchev–Trinajstić information content (AvgIpc) is 3.15. The van der Waals surface area contributed by atoms with Gasteiger partial charge in [-0.25, -0.2) is 13.8 Å². The largest absolute Gasteiger partial charge is 0.297 e. The minimum atomic E-state index is -0.459. The maximum absolute atomic E-state index is 14.5. The maximum Gasteiger partial charge on any atom is 0.147 e. The third kappa shape index (κ3) is 3.71. The molecule has 2 aliphatic rings. The molecule has 0 unspecified atom stereocenters. The van der Waals surface area contributed by atoms with E-state index in [1.807, 2.05) is 10.8 Å². The summed E-state index contributed by atoms with van der Waals surface area (Å²) in [4.78, 5) is 4.72. The van der Waals surface area contributed by atoms with Gasteiger partial charge in [0.2, 0.25) is 0 Å². The lowest BCUT2D eigenvalue weighted by molar-refractivity contribution is 0.486. The Balaban J connectivity index is 1.74. The van der Waals surface area contributed by atoms with Gasteiger partial charge in [-0.3, -0.25) is 4.57 Å². The highest BCUT2D eigenvalue weighted by Crippen LogP contribution is 2.54. The van der Waals surface area contributed by atoms with Crippen LogP contribution in [-0.4, -0.2) is 20.9 Å². The van der Waals surface area contributed by atoms with Crippen molar-refractivity contribution in [2.45, 2.75) is 75.5 Å². The van der Waals surface area contributed by atoms with Crippen molar-refractivity contribution in [3.05, 3.63) is 42.2 Å². The molecule has 0 radical (unpaired) electrons. The van der Waals surface area contributed by atoms with E-state index >= 15 is 0 Å². The van der Waals surface area contributed by atoms with E-state index in [-0.39, 0.29) is 5.82 Å². The van der Waals surface area contributed by atoms with E-state index in [4.69, 9.17) is 4.98 Å². The predicted molar refractivity (Wildman–Crippen MR) is 104 cm³/mol. The highest BCUT2D eigenvalue weighted by Gasteiger charge is 2.35. The summed E-state index contributed by atoms with van der Waals surface area (Å²) in [6, 6.07) is 3.70. The first-order chi connectivity index (χ1) is 12.7. The molecule has 2 nitrogen and oxygen atoms in total. The zero-order valence-electron chi connectivity index (χ0n) is 15.2. The Morgan fingerprint density at radius 1 is 0.885 bits per heavy atom. The molecule has 2 aliphatic carbocycles. The highest BCUT2D eigenvalue weighted by molar-refractivity contribution is 7.66. The third-order valence-electron chi connectivity index (χ3n) is 5.96. The van der Waals surface area contributed by atoms with Crippen LogP contribution in [0.15, 0.2) is 30.6 Å². The number of aromatic nitrogens is 2. The molecule has 0 spiro atoms. The monoisotopic (exact) mass is 376 g/mol. The molecule has 2 aromatic rings. The zero-order valence-corrected chi connectivity index (χ0v) is 16.1. The van der Waals surface area contributed by atoms with Crippen molar-refractivity contribution in [2.24, 2.45) is 0 Å². The fraction of sp³-hybridized carbons (Fsp3) is 0.571. The summed E-state index contributed by atoms with van der Waals surface area (Å²) in [5, 5.41) is 0. The molecule has 2 fully saturated rings. The van der Waals surface area contributed by atoms with Gasteiger partial charge in [-0.1, -0.05) is 38.5 Å². The topological polar surface area (TPSA) is 17.8 Å². The lowest BCUT2D eigenvalue weighted by Gasteiger charge is -2.38. The minimum Gasteiger partial charge on any atom is -0.297 e. The fourth-order valence-electron chi connectivity index (χ4n) is 4.69. The molecular formula is C21H27F2N2P. The Kier molecular flexibility index (Phi) is 5.69. The highest BCUT2D eigenvalue weighted by atomic mass is 31.1. The summed E-state index contributed by atoms with van der Waals surface area (Å²) < 4.78 is 30.1. The lowest BCUT2D eigenvalue weighted by atomic mass is 9.99. The Morgan fingerprint density at radius 2 is 1.50 bits per heavy atom. The van der Waals surface area contributed by atoms with Crippen molar-refractivity contribution >= 4 is 13.5 Å². The van der Waals surface area contributed by atoms with Gasteiger partial charge in [0.15, 0.2) is 0 Å². The standard InChI is InChI=1S/C21H27F2N2P/c22-16-11-12-19(23)20(15-16)25-14-13-24-21(25)26(17-7-3-1-4-8-17)18-9-5-2-6-10-18/h11-15,17-18H,1-10H2. The molecule has 1 aromatic heterocycles. The molecule has 140 valence electrons. The van der Waals surface area contributed by atoms with Gasteiger partial charge in [0.1, 0.15) is 17.2 Å². The van der Waals surface area contributed by atoms with E-state index in [9.17, 15) is 8.78 Å². The van der Waals surface area contributed by atoms with Crippen LogP contribution in [-0.2, 0) is 0 Å². The summed E-state index contributed by atoms with van der Waals surface area (Å²) in [6.45, 7) is 0. The minimum absolute atomic E-state index is 0.302. The summed E-state index contributed by atoms with van der Waals surface area (Å²) >= 11 is 0. The van der Waals surface area contributed by atoms with Crippen LogP contribution >= 0.6 is 7.92 Å². The van der Waals surface area contributed by atoms with Crippen LogP contribution in [0, 0.1) is 11.6 Å².